The maximum Gasteiger partial charge on any atom is 0.370 e. The van der Waals surface area contributed by atoms with Gasteiger partial charge in [0.2, 0.25) is 5.83 Å². The molecule has 0 aliphatic heterocycles. The van der Waals surface area contributed by atoms with E-state index in [0.717, 1.165) is 12.8 Å². The zero-order chi connectivity index (χ0) is 12.0. The van der Waals surface area contributed by atoms with Gasteiger partial charge < -0.3 is 14.2 Å². The fourth-order valence-electron chi connectivity index (χ4n) is 0.860. The van der Waals surface area contributed by atoms with Gasteiger partial charge in [0.15, 0.2) is 0 Å². The molecule has 0 radical (unpaired) electrons. The summed E-state index contributed by atoms with van der Waals surface area (Å²) in [6.07, 6.45) is 1.99. The van der Waals surface area contributed by atoms with E-state index < -0.39 is 17.8 Å². The molecular formula is C10H13FO5. The zero-order valence-corrected chi connectivity index (χ0v) is 8.90. The van der Waals surface area contributed by atoms with Crippen molar-refractivity contribution in [2.45, 2.75) is 12.8 Å². The first kappa shape index (κ1) is 12.6. The van der Waals surface area contributed by atoms with Crippen molar-refractivity contribution in [3.63, 3.8) is 0 Å². The molecule has 0 N–H and O–H groups in total. The van der Waals surface area contributed by atoms with Crippen molar-refractivity contribution in [2.24, 2.45) is 5.92 Å². The van der Waals surface area contributed by atoms with Gasteiger partial charge in [-0.3, -0.25) is 4.79 Å². The van der Waals surface area contributed by atoms with Crippen LogP contribution in [-0.2, 0) is 23.8 Å². The van der Waals surface area contributed by atoms with Crippen molar-refractivity contribution < 1.29 is 28.2 Å². The Morgan fingerprint density at radius 1 is 1.38 bits per heavy atom. The SMILES string of the molecule is COCCOC(=O)C(F)=COC(=O)C1CC1. The van der Waals surface area contributed by atoms with Gasteiger partial charge in [0.05, 0.1) is 12.5 Å². The van der Waals surface area contributed by atoms with Gasteiger partial charge in [-0.2, -0.15) is 4.39 Å². The number of hydrogen-bond acceptors (Lipinski definition) is 5. The lowest BCUT2D eigenvalue weighted by Crippen LogP contribution is -2.11. The predicted molar refractivity (Wildman–Crippen MR) is 50.8 cm³/mol. The average Bonchev–Trinajstić information content (AvgIpc) is 3.09. The second kappa shape index (κ2) is 6.22. The first-order valence-corrected chi connectivity index (χ1v) is 4.87. The maximum absolute atomic E-state index is 12.9. The van der Waals surface area contributed by atoms with Crippen molar-refractivity contribution >= 4 is 11.9 Å². The highest BCUT2D eigenvalue weighted by atomic mass is 19.1. The molecule has 0 aromatic heterocycles. The van der Waals surface area contributed by atoms with Crippen molar-refractivity contribution in [3.8, 4) is 0 Å². The van der Waals surface area contributed by atoms with Crippen LogP contribution in [0.3, 0.4) is 0 Å². The van der Waals surface area contributed by atoms with E-state index in [-0.39, 0.29) is 19.1 Å². The standard InChI is InChI=1S/C10H13FO5/c1-14-4-5-15-10(13)8(11)6-16-9(12)7-2-3-7/h6-7H,2-5H2,1H3. The summed E-state index contributed by atoms with van der Waals surface area (Å²) in [5.41, 5.74) is 0. The topological polar surface area (TPSA) is 61.8 Å². The number of esters is 2. The molecule has 1 rings (SSSR count). The van der Waals surface area contributed by atoms with Crippen LogP contribution in [0.15, 0.2) is 12.1 Å². The number of rotatable bonds is 6. The van der Waals surface area contributed by atoms with E-state index in [9.17, 15) is 14.0 Å². The van der Waals surface area contributed by atoms with Crippen molar-refractivity contribution in [1.82, 2.24) is 0 Å². The van der Waals surface area contributed by atoms with Gasteiger partial charge in [-0.1, -0.05) is 0 Å². The van der Waals surface area contributed by atoms with E-state index in [4.69, 9.17) is 0 Å². The summed E-state index contributed by atoms with van der Waals surface area (Å²) in [7, 11) is 1.43. The van der Waals surface area contributed by atoms with E-state index in [1.54, 1.807) is 0 Å². The molecule has 5 nitrogen and oxygen atoms in total. The molecule has 0 saturated heterocycles. The molecule has 16 heavy (non-hydrogen) atoms. The second-order valence-electron chi connectivity index (χ2n) is 3.31. The van der Waals surface area contributed by atoms with E-state index >= 15 is 0 Å². The largest absolute Gasteiger partial charge is 0.458 e. The number of hydrogen-bond donors (Lipinski definition) is 0. The number of halogens is 1. The van der Waals surface area contributed by atoms with Crippen LogP contribution < -0.4 is 0 Å². The fraction of sp³-hybridized carbons (Fsp3) is 0.600. The minimum atomic E-state index is -1.23. The number of carbonyl (C=O) groups is 2. The van der Waals surface area contributed by atoms with Gasteiger partial charge in [-0.15, -0.1) is 0 Å². The third-order valence-corrected chi connectivity index (χ3v) is 1.90. The van der Waals surface area contributed by atoms with Crippen molar-refractivity contribution in [2.75, 3.05) is 20.3 Å². The molecule has 90 valence electrons. The minimum Gasteiger partial charge on any atom is -0.458 e. The van der Waals surface area contributed by atoms with Crippen LogP contribution in [0, 0.1) is 5.92 Å². The first-order chi connectivity index (χ1) is 7.65. The minimum absolute atomic E-state index is 0.0484. The molecule has 0 bridgehead atoms. The molecule has 1 aliphatic carbocycles. The second-order valence-corrected chi connectivity index (χ2v) is 3.31. The molecule has 0 unspecified atom stereocenters. The summed E-state index contributed by atoms with van der Waals surface area (Å²) >= 11 is 0. The van der Waals surface area contributed by atoms with Gasteiger partial charge in [0, 0.05) is 7.11 Å². The third kappa shape index (κ3) is 4.39. The number of methoxy groups -OCH3 is 1. The Bertz CT molecular complexity index is 296. The van der Waals surface area contributed by atoms with Gasteiger partial charge >= 0.3 is 11.9 Å². The van der Waals surface area contributed by atoms with E-state index in [2.05, 4.69) is 14.2 Å². The zero-order valence-electron chi connectivity index (χ0n) is 8.90. The highest BCUT2D eigenvalue weighted by Gasteiger charge is 2.31. The van der Waals surface area contributed by atoms with Gasteiger partial charge in [-0.25, -0.2) is 4.79 Å². The Morgan fingerprint density at radius 2 is 2.06 bits per heavy atom. The quantitative estimate of drug-likeness (QED) is 0.295. The molecule has 0 aromatic carbocycles. The molecule has 0 aromatic rings. The normalized spacial score (nSPS) is 15.8. The van der Waals surface area contributed by atoms with Gasteiger partial charge in [0.1, 0.15) is 12.9 Å². The van der Waals surface area contributed by atoms with Crippen LogP contribution in [0.5, 0.6) is 0 Å². The first-order valence-electron chi connectivity index (χ1n) is 4.87. The number of ether oxygens (including phenoxy) is 3. The molecule has 1 fully saturated rings. The summed E-state index contributed by atoms with van der Waals surface area (Å²) in [5, 5.41) is 0. The maximum atomic E-state index is 12.9. The Kier molecular flexibility index (Phi) is 4.91. The fourth-order valence-corrected chi connectivity index (χ4v) is 0.860. The third-order valence-electron chi connectivity index (χ3n) is 1.90. The van der Waals surface area contributed by atoms with Crippen LogP contribution in [0.25, 0.3) is 0 Å². The summed E-state index contributed by atoms with van der Waals surface area (Å²) < 4.78 is 26.4. The van der Waals surface area contributed by atoms with Crippen LogP contribution in [-0.4, -0.2) is 32.3 Å². The Labute approximate surface area is 92.2 Å². The summed E-state index contributed by atoms with van der Waals surface area (Å²) in [6, 6.07) is 0. The van der Waals surface area contributed by atoms with Gasteiger partial charge in [-0.05, 0) is 12.8 Å². The van der Waals surface area contributed by atoms with Crippen molar-refractivity contribution in [3.05, 3.63) is 12.1 Å². The number of carbonyl (C=O) groups excluding carboxylic acids is 2. The van der Waals surface area contributed by atoms with Crippen LogP contribution >= 0.6 is 0 Å². The molecular weight excluding hydrogens is 219 g/mol. The summed E-state index contributed by atoms with van der Waals surface area (Å²) in [4.78, 5) is 21.9. The molecule has 0 amide bonds. The lowest BCUT2D eigenvalue weighted by molar-refractivity contribution is -0.143. The van der Waals surface area contributed by atoms with Crippen LogP contribution in [0.2, 0.25) is 0 Å². The lowest BCUT2D eigenvalue weighted by Gasteiger charge is -2.01. The average molecular weight is 232 g/mol. The predicted octanol–water partition coefficient (Wildman–Crippen LogP) is 0.940. The molecule has 0 heterocycles. The molecule has 1 saturated carbocycles. The highest BCUT2D eigenvalue weighted by molar-refractivity contribution is 5.86. The summed E-state index contributed by atoms with van der Waals surface area (Å²) in [5.74, 6) is -3.06. The molecule has 0 atom stereocenters. The Morgan fingerprint density at radius 3 is 2.62 bits per heavy atom. The van der Waals surface area contributed by atoms with Crippen molar-refractivity contribution in [1.29, 1.82) is 0 Å². The Hall–Kier alpha value is -1.43. The van der Waals surface area contributed by atoms with E-state index in [1.165, 1.54) is 7.11 Å². The van der Waals surface area contributed by atoms with Crippen LogP contribution in [0.1, 0.15) is 12.8 Å². The van der Waals surface area contributed by atoms with E-state index in [1.807, 2.05) is 0 Å². The Balaban J connectivity index is 2.25. The monoisotopic (exact) mass is 232 g/mol. The summed E-state index contributed by atoms with van der Waals surface area (Å²) in [6.45, 7) is 0.133. The highest BCUT2D eigenvalue weighted by Crippen LogP contribution is 2.30. The lowest BCUT2D eigenvalue weighted by atomic mass is 10.4. The van der Waals surface area contributed by atoms with E-state index in [0.29, 0.717) is 6.26 Å². The molecule has 1 aliphatic rings. The van der Waals surface area contributed by atoms with Gasteiger partial charge in [0.25, 0.3) is 0 Å². The smallest absolute Gasteiger partial charge is 0.370 e. The molecule has 6 heteroatoms. The molecule has 0 spiro atoms. The van der Waals surface area contributed by atoms with Crippen LogP contribution in [0.4, 0.5) is 4.39 Å².